The number of nitrogens with zero attached hydrogens (tertiary/aromatic N) is 4. The molecule has 0 aliphatic carbocycles. The van der Waals surface area contributed by atoms with Gasteiger partial charge in [-0.25, -0.2) is 9.67 Å². The quantitative estimate of drug-likeness (QED) is 0.703. The Morgan fingerprint density at radius 3 is 2.59 bits per heavy atom. The molecule has 1 N–H and O–H groups in total. The summed E-state index contributed by atoms with van der Waals surface area (Å²) in [4.78, 5) is 31.3. The molecule has 1 saturated heterocycles. The maximum Gasteiger partial charge on any atom is 0.255 e. The molecule has 2 atom stereocenters. The maximum atomic E-state index is 12.9. The van der Waals surface area contributed by atoms with E-state index in [1.165, 1.54) is 6.33 Å². The highest BCUT2D eigenvalue weighted by Crippen LogP contribution is 2.24. The number of nitrogens with one attached hydrogen (secondary N) is 1. The minimum Gasteiger partial charge on any atom is -0.348 e. The van der Waals surface area contributed by atoms with Crippen molar-refractivity contribution in [1.29, 1.82) is 0 Å². The first-order valence-electron chi connectivity index (χ1n) is 9.32. The third-order valence-electron chi connectivity index (χ3n) is 4.90. The molecule has 8 heteroatoms. The lowest BCUT2D eigenvalue weighted by Crippen LogP contribution is -2.47. The molecule has 4 rings (SSSR count). The predicted octanol–water partition coefficient (Wildman–Crippen LogP) is 2.66. The second-order valence-corrected chi connectivity index (χ2v) is 7.82. The van der Waals surface area contributed by atoms with Crippen molar-refractivity contribution in [2.45, 2.75) is 19.0 Å². The second kappa shape index (κ2) is 8.48. The molecule has 1 aliphatic rings. The number of aromatic nitrogens is 3. The summed E-state index contributed by atoms with van der Waals surface area (Å²) in [5.74, 6) is 0.877. The fourth-order valence-electron chi connectivity index (χ4n) is 3.26. The van der Waals surface area contributed by atoms with E-state index < -0.39 is 6.04 Å². The molecule has 1 aromatic heterocycles. The molecule has 148 valence electrons. The SMILES string of the molecule is CC(NC(=O)C1CSCN1C(=O)c1ccccc1)c1ccc(-n2cncn2)cc1. The van der Waals surface area contributed by atoms with E-state index in [0.29, 0.717) is 17.2 Å². The molecule has 0 bridgehead atoms. The summed E-state index contributed by atoms with van der Waals surface area (Å²) < 4.78 is 1.68. The maximum absolute atomic E-state index is 12.9. The minimum absolute atomic E-state index is 0.111. The number of amides is 2. The van der Waals surface area contributed by atoms with E-state index in [1.54, 1.807) is 39.8 Å². The van der Waals surface area contributed by atoms with Gasteiger partial charge in [-0.3, -0.25) is 9.59 Å². The van der Waals surface area contributed by atoms with Gasteiger partial charge in [-0.15, -0.1) is 11.8 Å². The fourth-order valence-corrected chi connectivity index (χ4v) is 4.41. The standard InChI is InChI=1S/C21H21N5O2S/c1-15(16-7-9-18(10-8-16)26-13-22-12-23-26)24-20(27)19-11-29-14-25(19)21(28)17-5-3-2-4-6-17/h2-10,12-13,15,19H,11,14H2,1H3,(H,24,27). The van der Waals surface area contributed by atoms with Crippen molar-refractivity contribution >= 4 is 23.6 Å². The molecule has 2 aromatic carbocycles. The lowest BCUT2D eigenvalue weighted by Gasteiger charge is -2.25. The van der Waals surface area contributed by atoms with Crippen molar-refractivity contribution in [1.82, 2.24) is 25.0 Å². The zero-order valence-electron chi connectivity index (χ0n) is 15.9. The monoisotopic (exact) mass is 407 g/mol. The van der Waals surface area contributed by atoms with E-state index in [0.717, 1.165) is 11.3 Å². The molecule has 2 unspecified atom stereocenters. The highest BCUT2D eigenvalue weighted by molar-refractivity contribution is 7.99. The Bertz CT molecular complexity index is 976. The van der Waals surface area contributed by atoms with Crippen LogP contribution in [0.1, 0.15) is 28.9 Å². The first-order chi connectivity index (χ1) is 14.1. The van der Waals surface area contributed by atoms with Crippen LogP contribution in [0.15, 0.2) is 67.3 Å². The van der Waals surface area contributed by atoms with E-state index in [2.05, 4.69) is 15.4 Å². The van der Waals surface area contributed by atoms with Crippen LogP contribution < -0.4 is 5.32 Å². The second-order valence-electron chi connectivity index (χ2n) is 6.82. The Morgan fingerprint density at radius 2 is 1.90 bits per heavy atom. The van der Waals surface area contributed by atoms with Crippen LogP contribution in [0.25, 0.3) is 5.69 Å². The molecule has 3 aromatic rings. The lowest BCUT2D eigenvalue weighted by atomic mass is 10.1. The van der Waals surface area contributed by atoms with Gasteiger partial charge in [0, 0.05) is 11.3 Å². The molecule has 0 radical (unpaired) electrons. The summed E-state index contributed by atoms with van der Waals surface area (Å²) in [5.41, 5.74) is 2.48. The van der Waals surface area contributed by atoms with Gasteiger partial charge < -0.3 is 10.2 Å². The number of benzene rings is 2. The first kappa shape index (κ1) is 19.2. The molecule has 1 aliphatic heterocycles. The summed E-state index contributed by atoms with van der Waals surface area (Å²) in [6.07, 6.45) is 3.12. The summed E-state index contributed by atoms with van der Waals surface area (Å²) in [6.45, 7) is 1.94. The smallest absolute Gasteiger partial charge is 0.255 e. The van der Waals surface area contributed by atoms with E-state index in [9.17, 15) is 9.59 Å². The summed E-state index contributed by atoms with van der Waals surface area (Å²) in [6, 6.07) is 16.2. The Hall–Kier alpha value is -3.13. The largest absolute Gasteiger partial charge is 0.348 e. The van der Waals surface area contributed by atoms with Gasteiger partial charge in [0.1, 0.15) is 18.7 Å². The molecule has 2 amide bonds. The molecule has 0 saturated carbocycles. The first-order valence-corrected chi connectivity index (χ1v) is 10.5. The van der Waals surface area contributed by atoms with Gasteiger partial charge in [-0.05, 0) is 36.8 Å². The zero-order valence-corrected chi connectivity index (χ0v) is 16.7. The molecule has 0 spiro atoms. The Labute approximate surface area is 173 Å². The number of hydrogen-bond donors (Lipinski definition) is 1. The Balaban J connectivity index is 1.42. The number of thioether (sulfide) groups is 1. The Kier molecular flexibility index (Phi) is 5.62. The van der Waals surface area contributed by atoms with Crippen LogP contribution in [0, 0.1) is 0 Å². The van der Waals surface area contributed by atoms with Gasteiger partial charge in [0.15, 0.2) is 0 Å². The summed E-state index contributed by atoms with van der Waals surface area (Å²) >= 11 is 1.59. The van der Waals surface area contributed by atoms with Crippen molar-refractivity contribution in [3.05, 3.63) is 78.4 Å². The molecule has 2 heterocycles. The van der Waals surface area contributed by atoms with Gasteiger partial charge in [0.2, 0.25) is 5.91 Å². The van der Waals surface area contributed by atoms with Crippen LogP contribution in [-0.4, -0.2) is 49.2 Å². The number of rotatable bonds is 5. The van der Waals surface area contributed by atoms with Crippen molar-refractivity contribution in [2.24, 2.45) is 0 Å². The van der Waals surface area contributed by atoms with Crippen molar-refractivity contribution in [3.63, 3.8) is 0 Å². The van der Waals surface area contributed by atoms with E-state index in [-0.39, 0.29) is 17.9 Å². The molecule has 1 fully saturated rings. The lowest BCUT2D eigenvalue weighted by molar-refractivity contribution is -0.125. The highest BCUT2D eigenvalue weighted by atomic mass is 32.2. The molecular formula is C21H21N5O2S. The van der Waals surface area contributed by atoms with Crippen LogP contribution >= 0.6 is 11.8 Å². The fraction of sp³-hybridized carbons (Fsp3) is 0.238. The third-order valence-corrected chi connectivity index (χ3v) is 5.91. The van der Waals surface area contributed by atoms with Crippen molar-refractivity contribution < 1.29 is 9.59 Å². The number of carbonyl (C=O) groups excluding carboxylic acids is 2. The van der Waals surface area contributed by atoms with Gasteiger partial charge in [-0.1, -0.05) is 30.3 Å². The number of carbonyl (C=O) groups is 2. The van der Waals surface area contributed by atoms with Crippen LogP contribution in [0.3, 0.4) is 0 Å². The van der Waals surface area contributed by atoms with E-state index in [4.69, 9.17) is 0 Å². The average molecular weight is 407 g/mol. The van der Waals surface area contributed by atoms with E-state index >= 15 is 0 Å². The van der Waals surface area contributed by atoms with Gasteiger partial charge in [0.05, 0.1) is 17.6 Å². The number of hydrogen-bond acceptors (Lipinski definition) is 5. The molecule has 29 heavy (non-hydrogen) atoms. The van der Waals surface area contributed by atoms with Crippen LogP contribution in [-0.2, 0) is 4.79 Å². The van der Waals surface area contributed by atoms with Gasteiger partial charge in [0.25, 0.3) is 5.91 Å². The van der Waals surface area contributed by atoms with Gasteiger partial charge in [-0.2, -0.15) is 5.10 Å². The summed E-state index contributed by atoms with van der Waals surface area (Å²) in [5, 5.41) is 7.16. The van der Waals surface area contributed by atoms with Gasteiger partial charge >= 0.3 is 0 Å². The van der Waals surface area contributed by atoms with Crippen molar-refractivity contribution in [3.8, 4) is 5.69 Å². The van der Waals surface area contributed by atoms with E-state index in [1.807, 2.05) is 49.4 Å². The summed E-state index contributed by atoms with van der Waals surface area (Å²) in [7, 11) is 0. The average Bonchev–Trinajstić information content (AvgIpc) is 3.46. The molecule has 7 nitrogen and oxygen atoms in total. The zero-order chi connectivity index (χ0) is 20.2. The predicted molar refractivity (Wildman–Crippen MR) is 112 cm³/mol. The third kappa shape index (κ3) is 4.17. The Morgan fingerprint density at radius 1 is 1.14 bits per heavy atom. The topological polar surface area (TPSA) is 80.1 Å². The van der Waals surface area contributed by atoms with Crippen molar-refractivity contribution in [2.75, 3.05) is 11.6 Å². The van der Waals surface area contributed by atoms with Crippen LogP contribution in [0.5, 0.6) is 0 Å². The van der Waals surface area contributed by atoms with Crippen LogP contribution in [0.2, 0.25) is 0 Å². The normalized spacial score (nSPS) is 17.1. The molecular weight excluding hydrogens is 386 g/mol. The highest BCUT2D eigenvalue weighted by Gasteiger charge is 2.35. The van der Waals surface area contributed by atoms with Crippen LogP contribution in [0.4, 0.5) is 0 Å². The minimum atomic E-state index is -0.468.